The van der Waals surface area contributed by atoms with Crippen LogP contribution in [-0.4, -0.2) is 0 Å². The largest absolute Gasteiger partial charge is 0.456 e. The third kappa shape index (κ3) is 3.47. The molecule has 0 spiro atoms. The monoisotopic (exact) mass is 356 g/mol. The SMILES string of the molecule is N#Cc1ccc(Oc2ccc(N)cc2C(F)(F)F)c(Br)c1. The number of halogens is 4. The molecular formula is C14H8BrF3N2O. The Morgan fingerprint density at radius 2 is 1.76 bits per heavy atom. The molecule has 0 aliphatic carbocycles. The fourth-order valence-corrected chi connectivity index (χ4v) is 2.09. The summed E-state index contributed by atoms with van der Waals surface area (Å²) in [4.78, 5) is 0. The molecule has 0 radical (unpaired) electrons. The first kappa shape index (κ1) is 15.2. The lowest BCUT2D eigenvalue weighted by Gasteiger charge is -2.15. The maximum Gasteiger partial charge on any atom is 0.420 e. The Kier molecular flexibility index (Phi) is 4.09. The zero-order valence-corrected chi connectivity index (χ0v) is 12.0. The highest BCUT2D eigenvalue weighted by atomic mass is 79.9. The molecule has 2 N–H and O–H groups in total. The van der Waals surface area contributed by atoms with Crippen molar-refractivity contribution >= 4 is 21.6 Å². The van der Waals surface area contributed by atoms with Crippen molar-refractivity contribution in [3.05, 3.63) is 52.0 Å². The molecule has 0 saturated carbocycles. The predicted octanol–water partition coefficient (Wildman–Crippen LogP) is 4.71. The van der Waals surface area contributed by atoms with Crippen LogP contribution < -0.4 is 10.5 Å². The van der Waals surface area contributed by atoms with Crippen molar-refractivity contribution in [1.29, 1.82) is 5.26 Å². The third-order valence-corrected chi connectivity index (χ3v) is 3.21. The molecule has 0 aromatic heterocycles. The Bertz CT molecular complexity index is 723. The second-order valence-electron chi connectivity index (χ2n) is 4.11. The molecule has 7 heteroatoms. The molecule has 108 valence electrons. The Balaban J connectivity index is 2.43. The van der Waals surface area contributed by atoms with Crippen molar-refractivity contribution in [3.63, 3.8) is 0 Å². The van der Waals surface area contributed by atoms with Crippen molar-refractivity contribution in [2.45, 2.75) is 6.18 Å². The quantitative estimate of drug-likeness (QED) is 0.792. The van der Waals surface area contributed by atoms with Crippen LogP contribution in [0.4, 0.5) is 18.9 Å². The lowest BCUT2D eigenvalue weighted by molar-refractivity contribution is -0.138. The molecule has 0 bridgehead atoms. The van der Waals surface area contributed by atoms with Crippen molar-refractivity contribution in [2.24, 2.45) is 0 Å². The zero-order chi connectivity index (χ0) is 15.6. The van der Waals surface area contributed by atoms with Crippen LogP contribution in [0.1, 0.15) is 11.1 Å². The van der Waals surface area contributed by atoms with Gasteiger partial charge in [-0.1, -0.05) is 0 Å². The minimum atomic E-state index is -4.58. The molecular weight excluding hydrogens is 349 g/mol. The van der Waals surface area contributed by atoms with Gasteiger partial charge >= 0.3 is 6.18 Å². The van der Waals surface area contributed by atoms with Crippen LogP contribution in [0.5, 0.6) is 11.5 Å². The average Bonchev–Trinajstić information content (AvgIpc) is 2.41. The molecule has 0 heterocycles. The van der Waals surface area contributed by atoms with Crippen molar-refractivity contribution < 1.29 is 17.9 Å². The van der Waals surface area contributed by atoms with E-state index in [4.69, 9.17) is 15.7 Å². The van der Waals surface area contributed by atoms with Gasteiger partial charge in [0.15, 0.2) is 0 Å². The highest BCUT2D eigenvalue weighted by Gasteiger charge is 2.34. The molecule has 0 aliphatic rings. The smallest absolute Gasteiger partial charge is 0.420 e. The third-order valence-electron chi connectivity index (χ3n) is 2.59. The summed E-state index contributed by atoms with van der Waals surface area (Å²) >= 11 is 3.15. The maximum absolute atomic E-state index is 13.0. The molecule has 2 aromatic rings. The zero-order valence-electron chi connectivity index (χ0n) is 10.4. The number of rotatable bonds is 2. The Morgan fingerprint density at radius 3 is 2.33 bits per heavy atom. The topological polar surface area (TPSA) is 59.0 Å². The van der Waals surface area contributed by atoms with Crippen LogP contribution in [0.3, 0.4) is 0 Å². The fourth-order valence-electron chi connectivity index (χ4n) is 1.63. The number of alkyl halides is 3. The number of nitrogen functional groups attached to an aromatic ring is 1. The van der Waals surface area contributed by atoms with Gasteiger partial charge in [0.2, 0.25) is 0 Å². The van der Waals surface area contributed by atoms with E-state index in [9.17, 15) is 13.2 Å². The van der Waals surface area contributed by atoms with E-state index < -0.39 is 11.7 Å². The summed E-state index contributed by atoms with van der Waals surface area (Å²) in [5, 5.41) is 8.75. The number of nitrogens with two attached hydrogens (primary N) is 1. The predicted molar refractivity (Wildman–Crippen MR) is 74.8 cm³/mol. The van der Waals surface area contributed by atoms with E-state index in [-0.39, 0.29) is 17.2 Å². The summed E-state index contributed by atoms with van der Waals surface area (Å²) in [6, 6.07) is 9.53. The maximum atomic E-state index is 13.0. The van der Waals surface area contributed by atoms with E-state index in [2.05, 4.69) is 15.9 Å². The van der Waals surface area contributed by atoms with Crippen LogP contribution >= 0.6 is 15.9 Å². The lowest BCUT2D eigenvalue weighted by atomic mass is 10.1. The number of anilines is 1. The van der Waals surface area contributed by atoms with Crippen LogP contribution in [0.15, 0.2) is 40.9 Å². The summed E-state index contributed by atoms with van der Waals surface area (Å²) in [5.41, 5.74) is 4.78. The van der Waals surface area contributed by atoms with Gasteiger partial charge in [-0.3, -0.25) is 0 Å². The van der Waals surface area contributed by atoms with Gasteiger partial charge in [-0.15, -0.1) is 0 Å². The molecule has 2 rings (SSSR count). The molecule has 0 unspecified atom stereocenters. The summed E-state index contributed by atoms with van der Waals surface area (Å²) < 4.78 is 44.6. The first-order valence-corrected chi connectivity index (χ1v) is 6.45. The fraction of sp³-hybridized carbons (Fsp3) is 0.0714. The molecule has 0 atom stereocenters. The van der Waals surface area contributed by atoms with E-state index in [0.717, 1.165) is 12.1 Å². The minimum Gasteiger partial charge on any atom is -0.456 e. The number of ether oxygens (including phenoxy) is 1. The minimum absolute atomic E-state index is 0.00595. The average molecular weight is 357 g/mol. The van der Waals surface area contributed by atoms with E-state index in [0.29, 0.717) is 10.0 Å². The summed E-state index contributed by atoms with van der Waals surface area (Å²) in [6.45, 7) is 0. The molecule has 3 nitrogen and oxygen atoms in total. The van der Waals surface area contributed by atoms with Crippen molar-refractivity contribution in [3.8, 4) is 17.6 Å². The molecule has 0 amide bonds. The van der Waals surface area contributed by atoms with Gasteiger partial charge in [-0.2, -0.15) is 18.4 Å². The van der Waals surface area contributed by atoms with Crippen LogP contribution in [0.2, 0.25) is 0 Å². The highest BCUT2D eigenvalue weighted by Crippen LogP contribution is 2.40. The first-order valence-electron chi connectivity index (χ1n) is 5.65. The summed E-state index contributed by atoms with van der Waals surface area (Å²) in [6.07, 6.45) is -4.58. The van der Waals surface area contributed by atoms with Crippen LogP contribution in [-0.2, 0) is 6.18 Å². The van der Waals surface area contributed by atoms with Crippen molar-refractivity contribution in [2.75, 3.05) is 5.73 Å². The molecule has 21 heavy (non-hydrogen) atoms. The number of nitrogens with zero attached hydrogens (tertiary/aromatic N) is 1. The van der Waals surface area contributed by atoms with Gasteiger partial charge in [0.1, 0.15) is 17.1 Å². The number of hydrogen-bond donors (Lipinski definition) is 1. The van der Waals surface area contributed by atoms with E-state index in [1.165, 1.54) is 24.3 Å². The van der Waals surface area contributed by atoms with Gasteiger partial charge in [-0.25, -0.2) is 0 Å². The van der Waals surface area contributed by atoms with E-state index >= 15 is 0 Å². The van der Waals surface area contributed by atoms with Crippen LogP contribution in [0, 0.1) is 11.3 Å². The summed E-state index contributed by atoms with van der Waals surface area (Å²) in [7, 11) is 0. The Morgan fingerprint density at radius 1 is 1.10 bits per heavy atom. The standard InChI is InChI=1S/C14H8BrF3N2O/c15-11-5-8(7-19)1-3-13(11)21-12-4-2-9(20)6-10(12)14(16,17)18/h1-6H,20H2. The van der Waals surface area contributed by atoms with E-state index in [1.807, 2.05) is 6.07 Å². The molecule has 0 fully saturated rings. The molecule has 2 aromatic carbocycles. The van der Waals surface area contributed by atoms with Gasteiger partial charge in [0, 0.05) is 5.69 Å². The number of hydrogen-bond acceptors (Lipinski definition) is 3. The Hall–Kier alpha value is -2.20. The molecule has 0 aliphatic heterocycles. The van der Waals surface area contributed by atoms with Gasteiger partial charge in [0.25, 0.3) is 0 Å². The Labute approximate surface area is 126 Å². The molecule has 0 saturated heterocycles. The second-order valence-corrected chi connectivity index (χ2v) is 4.97. The first-order chi connectivity index (χ1) is 9.81. The van der Waals surface area contributed by atoms with Gasteiger partial charge in [0.05, 0.1) is 16.1 Å². The van der Waals surface area contributed by atoms with Gasteiger partial charge < -0.3 is 10.5 Å². The normalized spacial score (nSPS) is 11.0. The van der Waals surface area contributed by atoms with E-state index in [1.54, 1.807) is 0 Å². The van der Waals surface area contributed by atoms with Crippen molar-refractivity contribution in [1.82, 2.24) is 0 Å². The lowest BCUT2D eigenvalue weighted by Crippen LogP contribution is -2.08. The van der Waals surface area contributed by atoms with Crippen LogP contribution in [0.25, 0.3) is 0 Å². The summed E-state index contributed by atoms with van der Waals surface area (Å²) in [5.74, 6) is -0.189. The van der Waals surface area contributed by atoms with Gasteiger partial charge in [-0.05, 0) is 52.3 Å². The highest BCUT2D eigenvalue weighted by molar-refractivity contribution is 9.10. The number of nitriles is 1. The number of benzene rings is 2. The second kappa shape index (κ2) is 5.66.